The molecule has 1 aliphatic heterocycles. The van der Waals surface area contributed by atoms with Gasteiger partial charge in [-0.1, -0.05) is 12.1 Å². The second-order valence-corrected chi connectivity index (χ2v) is 7.65. The molecule has 1 aromatic heterocycles. The maximum atomic E-state index is 13.2. The van der Waals surface area contributed by atoms with E-state index in [0.29, 0.717) is 11.3 Å². The smallest absolute Gasteiger partial charge is 0.291 e. The SMILES string of the molecule is CN(C)c1cccc(C2CCCN2C(=O)c2ccc(NC(=O)c3ccco3)cc2)c1. The first kappa shape index (κ1) is 19.8. The molecular formula is C24H25N3O3. The van der Waals surface area contributed by atoms with Crippen molar-refractivity contribution < 1.29 is 14.0 Å². The van der Waals surface area contributed by atoms with Gasteiger partial charge in [0.05, 0.1) is 12.3 Å². The first-order valence-corrected chi connectivity index (χ1v) is 10.1. The largest absolute Gasteiger partial charge is 0.459 e. The molecule has 2 amide bonds. The molecule has 3 aromatic rings. The molecule has 1 N–H and O–H groups in total. The summed E-state index contributed by atoms with van der Waals surface area (Å²) >= 11 is 0. The third-order valence-corrected chi connectivity index (χ3v) is 5.42. The fourth-order valence-corrected chi connectivity index (χ4v) is 3.83. The van der Waals surface area contributed by atoms with Gasteiger partial charge in [-0.05, 0) is 66.9 Å². The molecule has 2 aromatic carbocycles. The third-order valence-electron chi connectivity index (χ3n) is 5.42. The standard InChI is InChI=1S/C24H25N3O3/c1-26(2)20-7-3-6-18(16-20)21-8-4-14-27(21)24(29)17-10-12-19(13-11-17)25-23(28)22-9-5-15-30-22/h3,5-7,9-13,15-16,21H,4,8,14H2,1-2H3,(H,25,28). The molecule has 1 fully saturated rings. The van der Waals surface area contributed by atoms with E-state index >= 15 is 0 Å². The monoisotopic (exact) mass is 403 g/mol. The summed E-state index contributed by atoms with van der Waals surface area (Å²) in [5.74, 6) is -0.0638. The molecule has 1 unspecified atom stereocenters. The molecule has 0 aliphatic carbocycles. The first-order valence-electron chi connectivity index (χ1n) is 10.1. The number of furan rings is 1. The summed E-state index contributed by atoms with van der Waals surface area (Å²) in [5, 5.41) is 2.77. The summed E-state index contributed by atoms with van der Waals surface area (Å²) in [6.45, 7) is 0.743. The number of nitrogens with one attached hydrogen (secondary N) is 1. The number of rotatable bonds is 5. The van der Waals surface area contributed by atoms with Gasteiger partial charge >= 0.3 is 0 Å². The van der Waals surface area contributed by atoms with Crippen molar-refractivity contribution in [2.75, 3.05) is 30.9 Å². The zero-order valence-corrected chi connectivity index (χ0v) is 17.2. The lowest BCUT2D eigenvalue weighted by atomic mass is 10.0. The van der Waals surface area contributed by atoms with Crippen molar-refractivity contribution in [3.05, 3.63) is 83.8 Å². The number of hydrogen-bond donors (Lipinski definition) is 1. The molecule has 30 heavy (non-hydrogen) atoms. The van der Waals surface area contributed by atoms with E-state index in [1.54, 1.807) is 36.4 Å². The van der Waals surface area contributed by atoms with E-state index in [4.69, 9.17) is 4.42 Å². The van der Waals surface area contributed by atoms with Crippen LogP contribution in [-0.4, -0.2) is 37.4 Å². The summed E-state index contributed by atoms with van der Waals surface area (Å²) in [5.41, 5.74) is 3.52. The Labute approximate surface area is 176 Å². The molecule has 4 rings (SSSR count). The van der Waals surface area contributed by atoms with Crippen LogP contribution in [0.15, 0.2) is 71.3 Å². The lowest BCUT2D eigenvalue weighted by Crippen LogP contribution is -2.30. The number of benzene rings is 2. The van der Waals surface area contributed by atoms with Gasteiger partial charge in [-0.15, -0.1) is 0 Å². The number of carbonyl (C=O) groups is 2. The molecule has 0 saturated carbocycles. The molecule has 6 heteroatoms. The molecule has 154 valence electrons. The van der Waals surface area contributed by atoms with Gasteiger partial charge in [0.1, 0.15) is 0 Å². The van der Waals surface area contributed by atoms with Crippen molar-refractivity contribution >= 4 is 23.2 Å². The predicted octanol–water partition coefficient (Wildman–Crippen LogP) is 4.58. The molecule has 6 nitrogen and oxygen atoms in total. The second kappa shape index (κ2) is 8.45. The highest BCUT2D eigenvalue weighted by Crippen LogP contribution is 2.34. The Hall–Kier alpha value is -3.54. The van der Waals surface area contributed by atoms with Gasteiger partial charge in [0.2, 0.25) is 0 Å². The first-order chi connectivity index (χ1) is 14.5. The van der Waals surface area contributed by atoms with Crippen LogP contribution in [0.4, 0.5) is 11.4 Å². The summed E-state index contributed by atoms with van der Waals surface area (Å²) in [4.78, 5) is 29.3. The van der Waals surface area contributed by atoms with Crippen molar-refractivity contribution in [3.63, 3.8) is 0 Å². The molecule has 0 radical (unpaired) electrons. The summed E-state index contributed by atoms with van der Waals surface area (Å²) in [7, 11) is 4.03. The van der Waals surface area contributed by atoms with Gasteiger partial charge in [-0.25, -0.2) is 0 Å². The van der Waals surface area contributed by atoms with Crippen LogP contribution in [0, 0.1) is 0 Å². The summed E-state index contributed by atoms with van der Waals surface area (Å²) in [6, 6.07) is 18.7. The van der Waals surface area contributed by atoms with Crippen LogP contribution < -0.4 is 10.2 Å². The fraction of sp³-hybridized carbons (Fsp3) is 0.250. The van der Waals surface area contributed by atoms with Crippen molar-refractivity contribution in [1.29, 1.82) is 0 Å². The average molecular weight is 403 g/mol. The minimum absolute atomic E-state index is 0.0108. The normalized spacial score (nSPS) is 15.8. The minimum atomic E-state index is -0.320. The Bertz CT molecular complexity index is 1030. The molecular weight excluding hydrogens is 378 g/mol. The number of amides is 2. The van der Waals surface area contributed by atoms with Gasteiger partial charge < -0.3 is 19.5 Å². The average Bonchev–Trinajstić information content (AvgIpc) is 3.46. The van der Waals surface area contributed by atoms with E-state index in [2.05, 4.69) is 28.4 Å². The molecule has 1 saturated heterocycles. The van der Waals surface area contributed by atoms with Crippen molar-refractivity contribution in [1.82, 2.24) is 4.90 Å². The lowest BCUT2D eigenvalue weighted by molar-refractivity contribution is 0.0735. The quantitative estimate of drug-likeness (QED) is 0.677. The van der Waals surface area contributed by atoms with Crippen LogP contribution in [0.25, 0.3) is 0 Å². The highest BCUT2D eigenvalue weighted by atomic mass is 16.3. The zero-order chi connectivity index (χ0) is 21.1. The van der Waals surface area contributed by atoms with E-state index in [1.165, 1.54) is 6.26 Å². The van der Waals surface area contributed by atoms with Crippen molar-refractivity contribution in [3.8, 4) is 0 Å². The van der Waals surface area contributed by atoms with E-state index in [0.717, 1.165) is 30.6 Å². The highest BCUT2D eigenvalue weighted by Gasteiger charge is 2.30. The second-order valence-electron chi connectivity index (χ2n) is 7.65. The van der Waals surface area contributed by atoms with Crippen LogP contribution in [0.2, 0.25) is 0 Å². The Morgan fingerprint density at radius 3 is 2.57 bits per heavy atom. The van der Waals surface area contributed by atoms with Gasteiger partial charge in [-0.2, -0.15) is 0 Å². The third kappa shape index (κ3) is 4.08. The molecule has 0 spiro atoms. The van der Waals surface area contributed by atoms with Gasteiger partial charge in [0, 0.05) is 37.6 Å². The number of nitrogens with zero attached hydrogens (tertiary/aromatic N) is 2. The van der Waals surface area contributed by atoms with E-state index < -0.39 is 0 Å². The Kier molecular flexibility index (Phi) is 5.57. The minimum Gasteiger partial charge on any atom is -0.459 e. The summed E-state index contributed by atoms with van der Waals surface area (Å²) < 4.78 is 5.10. The van der Waals surface area contributed by atoms with Crippen LogP contribution in [0.1, 0.15) is 45.4 Å². The zero-order valence-electron chi connectivity index (χ0n) is 17.2. The van der Waals surface area contributed by atoms with Gasteiger partial charge in [0.15, 0.2) is 5.76 Å². The van der Waals surface area contributed by atoms with E-state index in [-0.39, 0.29) is 23.6 Å². The van der Waals surface area contributed by atoms with Crippen molar-refractivity contribution in [2.24, 2.45) is 0 Å². The Morgan fingerprint density at radius 1 is 1.07 bits per heavy atom. The Morgan fingerprint density at radius 2 is 1.87 bits per heavy atom. The van der Waals surface area contributed by atoms with E-state index in [9.17, 15) is 9.59 Å². The van der Waals surface area contributed by atoms with E-state index in [1.807, 2.05) is 25.1 Å². The highest BCUT2D eigenvalue weighted by molar-refractivity contribution is 6.02. The van der Waals surface area contributed by atoms with Crippen LogP contribution in [0.3, 0.4) is 0 Å². The topological polar surface area (TPSA) is 65.8 Å². The summed E-state index contributed by atoms with van der Waals surface area (Å²) in [6.07, 6.45) is 3.40. The molecule has 1 aliphatic rings. The number of anilines is 2. The Balaban J connectivity index is 1.48. The van der Waals surface area contributed by atoms with Crippen LogP contribution >= 0.6 is 0 Å². The predicted molar refractivity (Wildman–Crippen MR) is 117 cm³/mol. The lowest BCUT2D eigenvalue weighted by Gasteiger charge is -2.26. The molecule has 0 bridgehead atoms. The number of hydrogen-bond acceptors (Lipinski definition) is 4. The number of likely N-dealkylation sites (tertiary alicyclic amines) is 1. The van der Waals surface area contributed by atoms with Crippen LogP contribution in [-0.2, 0) is 0 Å². The molecule has 2 heterocycles. The van der Waals surface area contributed by atoms with Gasteiger partial charge in [-0.3, -0.25) is 9.59 Å². The van der Waals surface area contributed by atoms with Crippen molar-refractivity contribution in [2.45, 2.75) is 18.9 Å². The number of carbonyl (C=O) groups excluding carboxylic acids is 2. The maximum absolute atomic E-state index is 13.2. The van der Waals surface area contributed by atoms with Gasteiger partial charge in [0.25, 0.3) is 11.8 Å². The fourth-order valence-electron chi connectivity index (χ4n) is 3.83. The van der Waals surface area contributed by atoms with Crippen LogP contribution in [0.5, 0.6) is 0 Å². The maximum Gasteiger partial charge on any atom is 0.291 e. The molecule has 1 atom stereocenters.